The van der Waals surface area contributed by atoms with E-state index in [0.717, 1.165) is 18.8 Å². The van der Waals surface area contributed by atoms with Gasteiger partial charge in [-0.3, -0.25) is 15.1 Å². The van der Waals surface area contributed by atoms with Gasteiger partial charge in [-0.25, -0.2) is 0 Å². The predicted octanol–water partition coefficient (Wildman–Crippen LogP) is 2.84. The van der Waals surface area contributed by atoms with Crippen molar-refractivity contribution in [1.29, 1.82) is 0 Å². The summed E-state index contributed by atoms with van der Waals surface area (Å²) in [4.78, 5) is 16.4. The number of benzene rings is 2. The van der Waals surface area contributed by atoms with Gasteiger partial charge in [0.2, 0.25) is 0 Å². The Morgan fingerprint density at radius 3 is 2.52 bits per heavy atom. The van der Waals surface area contributed by atoms with Crippen LogP contribution in [0.2, 0.25) is 0 Å². The van der Waals surface area contributed by atoms with E-state index in [0.29, 0.717) is 5.56 Å². The van der Waals surface area contributed by atoms with Gasteiger partial charge in [-0.15, -0.1) is 5.75 Å². The lowest BCUT2D eigenvalue weighted by Crippen LogP contribution is -2.21. The van der Waals surface area contributed by atoms with Crippen LogP contribution in [0.3, 0.4) is 0 Å². The Labute approximate surface area is 146 Å². The van der Waals surface area contributed by atoms with Gasteiger partial charge in [-0.2, -0.15) is 0 Å². The van der Waals surface area contributed by atoms with Gasteiger partial charge in [-0.05, 0) is 31.5 Å². The van der Waals surface area contributed by atoms with Gasteiger partial charge >= 0.3 is 0 Å². The first-order valence-electron chi connectivity index (χ1n) is 7.98. The first-order valence-corrected chi connectivity index (χ1v) is 7.98. The van der Waals surface area contributed by atoms with E-state index in [9.17, 15) is 20.3 Å². The van der Waals surface area contributed by atoms with Crippen molar-refractivity contribution >= 4 is 17.6 Å². The molecular weight excluding hydrogens is 322 g/mol. The highest BCUT2D eigenvalue weighted by atomic mass is 16.6. The van der Waals surface area contributed by atoms with E-state index in [1.807, 2.05) is 19.9 Å². The number of hydrogen-bond donors (Lipinski definition) is 1. The molecule has 0 aliphatic carbocycles. The monoisotopic (exact) mass is 342 g/mol. The maximum Gasteiger partial charge on any atom is 0.269 e. The summed E-state index contributed by atoms with van der Waals surface area (Å²) in [5.41, 5.74) is 1.54. The third kappa shape index (κ3) is 4.47. The molecule has 0 aliphatic rings. The summed E-state index contributed by atoms with van der Waals surface area (Å²) < 4.78 is 0. The van der Waals surface area contributed by atoms with Crippen molar-refractivity contribution in [3.8, 4) is 11.5 Å². The molecule has 0 atom stereocenters. The normalized spacial score (nSPS) is 11.0. The third-order valence-electron chi connectivity index (χ3n) is 3.89. The average Bonchev–Trinajstić information content (AvgIpc) is 2.59. The topological polar surface area (TPSA) is 102 Å². The van der Waals surface area contributed by atoms with E-state index in [1.54, 1.807) is 12.1 Å². The summed E-state index contributed by atoms with van der Waals surface area (Å²) in [5.74, 6) is -0.210. The van der Waals surface area contributed by atoms with Crippen LogP contribution < -0.4 is 10.0 Å². The minimum atomic E-state index is -0.551. The Kier molecular flexibility index (Phi) is 5.94. The molecule has 0 heterocycles. The van der Waals surface area contributed by atoms with Crippen LogP contribution in [-0.2, 0) is 6.54 Å². The minimum absolute atomic E-state index is 0.0117. The number of aromatic hydroxyl groups is 1. The lowest BCUT2D eigenvalue weighted by molar-refractivity contribution is -0.385. The fourth-order valence-electron chi connectivity index (χ4n) is 2.47. The van der Waals surface area contributed by atoms with Gasteiger partial charge in [0.15, 0.2) is 0 Å². The number of non-ortho nitro benzene ring substituents is 1. The molecule has 1 N–H and O–H groups in total. The fraction of sp³-hybridized carbons (Fsp3) is 0.278. The Morgan fingerprint density at radius 1 is 1.20 bits per heavy atom. The Hall–Kier alpha value is -3.09. The van der Waals surface area contributed by atoms with Crippen LogP contribution in [0.4, 0.5) is 11.4 Å². The highest BCUT2D eigenvalue weighted by Crippen LogP contribution is 2.24. The van der Waals surface area contributed by atoms with Crippen molar-refractivity contribution in [3.05, 3.63) is 57.6 Å². The molecule has 7 heteroatoms. The highest BCUT2D eigenvalue weighted by molar-refractivity contribution is 5.84. The number of nitro benzene ring substituents is 1. The number of nitrogens with zero attached hydrogens (tertiary/aromatic N) is 3. The van der Waals surface area contributed by atoms with E-state index in [2.05, 4.69) is 9.89 Å². The molecule has 0 spiro atoms. The molecule has 0 amide bonds. The molecular formula is C18H20N3O4-. The lowest BCUT2D eigenvalue weighted by atomic mass is 10.1. The summed E-state index contributed by atoms with van der Waals surface area (Å²) in [6.45, 7) is 5.76. The van der Waals surface area contributed by atoms with Gasteiger partial charge in [0, 0.05) is 48.8 Å². The Morgan fingerprint density at radius 2 is 1.92 bits per heavy atom. The van der Waals surface area contributed by atoms with Crippen LogP contribution >= 0.6 is 0 Å². The third-order valence-corrected chi connectivity index (χ3v) is 3.89. The first-order chi connectivity index (χ1) is 12.0. The Balaban J connectivity index is 2.15. The summed E-state index contributed by atoms with van der Waals surface area (Å²) in [6.07, 6.45) is 1.46. The lowest BCUT2D eigenvalue weighted by Gasteiger charge is -2.21. The number of nitro groups is 1. The smallest absolute Gasteiger partial charge is 0.269 e. The maximum atomic E-state index is 11.7. The van der Waals surface area contributed by atoms with Gasteiger partial charge < -0.3 is 15.1 Å². The van der Waals surface area contributed by atoms with E-state index < -0.39 is 4.92 Å². The van der Waals surface area contributed by atoms with Crippen LogP contribution in [0, 0.1) is 10.1 Å². The average molecular weight is 342 g/mol. The van der Waals surface area contributed by atoms with Crippen LogP contribution in [0.25, 0.3) is 0 Å². The van der Waals surface area contributed by atoms with Gasteiger partial charge in [0.1, 0.15) is 5.75 Å². The van der Waals surface area contributed by atoms with Crippen molar-refractivity contribution in [3.63, 3.8) is 0 Å². The van der Waals surface area contributed by atoms with Gasteiger partial charge in [-0.1, -0.05) is 6.07 Å². The molecule has 0 aliphatic heterocycles. The molecule has 2 aromatic rings. The molecule has 0 saturated carbocycles. The van der Waals surface area contributed by atoms with E-state index in [4.69, 9.17) is 0 Å². The molecule has 25 heavy (non-hydrogen) atoms. The zero-order valence-electron chi connectivity index (χ0n) is 14.2. The van der Waals surface area contributed by atoms with Crippen molar-refractivity contribution in [1.82, 2.24) is 0 Å². The molecule has 2 aromatic carbocycles. The number of rotatable bonds is 7. The number of phenols is 1. The van der Waals surface area contributed by atoms with Crippen molar-refractivity contribution in [2.75, 3.05) is 18.0 Å². The van der Waals surface area contributed by atoms with E-state index in [1.165, 1.54) is 24.4 Å². The SMILES string of the molecule is CCN(CC)c1ccc(C=NCc2cc([N+](=O)[O-])ccc2[O-])c(O)c1. The molecule has 2 rings (SSSR count). The Bertz CT molecular complexity index is 786. The molecule has 0 radical (unpaired) electrons. The zero-order valence-corrected chi connectivity index (χ0v) is 14.2. The molecule has 0 aromatic heterocycles. The number of phenolic OH excluding ortho intramolecular Hbond substituents is 1. The van der Waals surface area contributed by atoms with Crippen molar-refractivity contribution in [2.24, 2.45) is 4.99 Å². The molecule has 0 saturated heterocycles. The van der Waals surface area contributed by atoms with Crippen LogP contribution in [0.1, 0.15) is 25.0 Å². The molecule has 7 nitrogen and oxygen atoms in total. The van der Waals surface area contributed by atoms with Crippen LogP contribution in [0.5, 0.6) is 11.5 Å². The van der Waals surface area contributed by atoms with Crippen LogP contribution in [-0.4, -0.2) is 29.3 Å². The second kappa shape index (κ2) is 8.14. The molecule has 0 fully saturated rings. The first kappa shape index (κ1) is 18.3. The second-order valence-corrected chi connectivity index (χ2v) is 5.43. The number of aliphatic imine (C=N–C) groups is 1. The van der Waals surface area contributed by atoms with Crippen molar-refractivity contribution in [2.45, 2.75) is 20.4 Å². The van der Waals surface area contributed by atoms with E-state index >= 15 is 0 Å². The summed E-state index contributed by atoms with van der Waals surface area (Å²) in [5, 5.41) is 32.6. The standard InChI is InChI=1S/C18H21N3O4/c1-3-20(4-2)15-6-5-13(18(23)10-15)11-19-12-14-9-16(21(24)25)7-8-17(14)22/h5-11,22-23H,3-4,12H2,1-2H3/p-1. The molecule has 132 valence electrons. The predicted molar refractivity (Wildman–Crippen MR) is 95.5 cm³/mol. The summed E-state index contributed by atoms with van der Waals surface area (Å²) >= 11 is 0. The minimum Gasteiger partial charge on any atom is -0.872 e. The number of anilines is 1. The molecule has 0 bridgehead atoms. The maximum absolute atomic E-state index is 11.7. The summed E-state index contributed by atoms with van der Waals surface area (Å²) in [7, 11) is 0. The quantitative estimate of drug-likeness (QED) is 0.473. The largest absolute Gasteiger partial charge is 0.872 e. The summed E-state index contributed by atoms with van der Waals surface area (Å²) in [6, 6.07) is 8.87. The second-order valence-electron chi connectivity index (χ2n) is 5.43. The highest BCUT2D eigenvalue weighted by Gasteiger charge is 2.07. The van der Waals surface area contributed by atoms with E-state index in [-0.39, 0.29) is 29.3 Å². The zero-order chi connectivity index (χ0) is 18.4. The molecule has 0 unspecified atom stereocenters. The van der Waals surface area contributed by atoms with Crippen molar-refractivity contribution < 1.29 is 15.1 Å². The van der Waals surface area contributed by atoms with Gasteiger partial charge in [0.25, 0.3) is 5.69 Å². The fourth-order valence-corrected chi connectivity index (χ4v) is 2.47. The van der Waals surface area contributed by atoms with Gasteiger partial charge in [0.05, 0.1) is 11.5 Å². The van der Waals surface area contributed by atoms with Crippen LogP contribution in [0.15, 0.2) is 41.4 Å². The number of hydrogen-bond acceptors (Lipinski definition) is 6.